The molecule has 0 saturated carbocycles. The zero-order chi connectivity index (χ0) is 63.3. The van der Waals surface area contributed by atoms with E-state index >= 15 is 0 Å². The number of phenolic OH excluding ortho intramolecular Hbond substituents is 1. The summed E-state index contributed by atoms with van der Waals surface area (Å²) in [7, 11) is 1.94. The number of benzene rings is 1. The molecule has 2 saturated heterocycles. The molecule has 85 heavy (non-hydrogen) atoms. The maximum Gasteiger partial charge on any atom is 0.326 e. The molecule has 0 unspecified atom stereocenters. The van der Waals surface area contributed by atoms with Crippen LogP contribution in [0.5, 0.6) is 5.75 Å². The van der Waals surface area contributed by atoms with E-state index in [4.69, 9.17) is 34.4 Å². The first kappa shape index (κ1) is 71.3. The van der Waals surface area contributed by atoms with E-state index in [0.717, 1.165) is 26.5 Å². The fourth-order valence-electron chi connectivity index (χ4n) is 8.64. The van der Waals surface area contributed by atoms with Crippen LogP contribution in [-0.4, -0.2) is 197 Å². The summed E-state index contributed by atoms with van der Waals surface area (Å²) in [5.74, 6) is -13.6. The Balaban J connectivity index is 1.96. The largest absolute Gasteiger partial charge is 0.508 e. The zero-order valence-electron chi connectivity index (χ0n) is 47.4. The Bertz CT molecular complexity index is 2560. The summed E-state index contributed by atoms with van der Waals surface area (Å²) < 4.78 is 0. The van der Waals surface area contributed by atoms with Crippen molar-refractivity contribution in [2.75, 3.05) is 44.2 Å². The number of nitrogens with one attached hydrogen (secondary N) is 9. The molecular weight excluding hydrogens is 1150 g/mol. The molecule has 34 heteroatoms. The fourth-order valence-corrected chi connectivity index (χ4v) is 10.9. The lowest BCUT2D eigenvalue weighted by atomic mass is 9.96. The van der Waals surface area contributed by atoms with Crippen LogP contribution in [0.4, 0.5) is 0 Å². The molecule has 0 radical (unpaired) electrons. The minimum Gasteiger partial charge on any atom is -0.508 e. The standard InChI is InChI=1S/C51H81N17O15S2/c1-3-26(2)41-48(80)63-31(15-16-37(54)70)44(76)65-34(21-38(55)71)45(77)66-35(25-85-84-24-29(53)42(74)64-33(46(78)67-41)20-27-11-13-28(69)14-12-27)49(81)68-19-7-10-36(68)47(79)62-30(9-6-18-58-51(56)57)43(75)60-22-39(72)59-23-40(73)61-32(50(82)83)8-4-5-17-52/h11-14,26,29-36,41,69H,3-10,15-25,52-53H2,1-2H3,(H2,54,70)(H2,55,71)(H,59,72)(H,60,75)(H,61,73)(H,62,79)(H,63,80)(H,64,74)(H,65,76)(H,66,77)(H,67,78)(H,82,83)(H4,56,57,58)/t26-,29-,30-,31-,32-,33-,34-,35-,36-,41-/m0/s1. The quantitative estimate of drug-likeness (QED) is 0.0169. The minimum atomic E-state index is -1.82. The molecule has 2 fully saturated rings. The minimum absolute atomic E-state index is 0.0130. The van der Waals surface area contributed by atoms with Gasteiger partial charge in [-0.05, 0) is 81.5 Å². The van der Waals surface area contributed by atoms with E-state index in [2.05, 4.69) is 52.8 Å². The van der Waals surface area contributed by atoms with Crippen molar-refractivity contribution in [1.29, 1.82) is 0 Å². The van der Waals surface area contributed by atoms with E-state index in [1.54, 1.807) is 13.8 Å². The summed E-state index contributed by atoms with van der Waals surface area (Å²) in [4.78, 5) is 180. The first-order chi connectivity index (χ1) is 40.2. The Labute approximate surface area is 498 Å². The number of carboxylic acid groups (broad SMARTS) is 1. The summed E-state index contributed by atoms with van der Waals surface area (Å²) in [6.45, 7) is 2.31. The molecule has 23 N–H and O–H groups in total. The Morgan fingerprint density at radius 3 is 2.00 bits per heavy atom. The highest BCUT2D eigenvalue weighted by atomic mass is 33.1. The van der Waals surface area contributed by atoms with Crippen LogP contribution in [0.1, 0.15) is 90.0 Å². The number of unbranched alkanes of at least 4 members (excludes halogenated alkanes) is 1. The number of nitrogens with two attached hydrogens (primary N) is 6. The van der Waals surface area contributed by atoms with Gasteiger partial charge in [-0.25, -0.2) is 4.79 Å². The normalized spacial score (nSPS) is 22.0. The molecular formula is C51H81N17O15S2. The van der Waals surface area contributed by atoms with Gasteiger partial charge < -0.3 is 97.4 Å². The van der Waals surface area contributed by atoms with Crippen LogP contribution < -0.4 is 82.3 Å². The van der Waals surface area contributed by atoms with E-state index in [9.17, 15) is 72.5 Å². The van der Waals surface area contributed by atoms with Gasteiger partial charge in [-0.1, -0.05) is 54.0 Å². The number of aromatic hydroxyl groups is 1. The first-order valence-corrected chi connectivity index (χ1v) is 30.0. The van der Waals surface area contributed by atoms with E-state index in [-0.39, 0.29) is 74.8 Å². The number of likely N-dealkylation sites (tertiary alicyclic amines) is 1. The predicted molar refractivity (Wildman–Crippen MR) is 311 cm³/mol. The number of carboxylic acids is 1. The molecule has 2 aliphatic heterocycles. The SMILES string of the molecule is CC[C@H](C)[C@@H]1NC(=O)[C@H](Cc2ccc(O)cc2)NC(=O)[C@@H](N)CSSC[C@@H](C(=O)N2CCC[C@H]2C(=O)N[C@@H](CCCN=C(N)N)C(=O)NCC(=O)NCC(=O)N[C@@H](CCCCN)C(=O)O)NC(=O)[C@H](CC(N)=O)NC(=O)[C@H](CCC(N)=O)NC1=O. The van der Waals surface area contributed by atoms with Gasteiger partial charge in [0.25, 0.3) is 0 Å². The predicted octanol–water partition coefficient (Wildman–Crippen LogP) is -6.27. The van der Waals surface area contributed by atoms with Crippen molar-refractivity contribution in [1.82, 2.24) is 52.8 Å². The summed E-state index contributed by atoms with van der Waals surface area (Å²) in [5.41, 5.74) is 34.2. The molecule has 0 bridgehead atoms. The van der Waals surface area contributed by atoms with Crippen molar-refractivity contribution in [2.24, 2.45) is 45.3 Å². The van der Waals surface area contributed by atoms with E-state index in [1.807, 2.05) is 0 Å². The van der Waals surface area contributed by atoms with E-state index in [0.29, 0.717) is 31.4 Å². The highest BCUT2D eigenvalue weighted by molar-refractivity contribution is 8.76. The third-order valence-corrected chi connectivity index (χ3v) is 16.0. The van der Waals surface area contributed by atoms with Crippen LogP contribution in [-0.2, 0) is 68.7 Å². The van der Waals surface area contributed by atoms with Gasteiger partial charge in [0.1, 0.15) is 54.1 Å². The van der Waals surface area contributed by atoms with Gasteiger partial charge in [0.15, 0.2) is 5.96 Å². The number of aliphatic imine (C=N–C) groups is 1. The molecule has 2 heterocycles. The third kappa shape index (κ3) is 25.4. The van der Waals surface area contributed by atoms with Crippen molar-refractivity contribution in [3.05, 3.63) is 29.8 Å². The van der Waals surface area contributed by atoms with Gasteiger partial charge in [-0.3, -0.25) is 62.5 Å². The van der Waals surface area contributed by atoms with Crippen LogP contribution >= 0.6 is 21.6 Å². The maximum absolute atomic E-state index is 14.8. The second kappa shape index (κ2) is 36.7. The molecule has 0 aliphatic carbocycles. The number of hydrogen-bond donors (Lipinski definition) is 17. The number of amides is 12. The Morgan fingerprint density at radius 1 is 0.741 bits per heavy atom. The van der Waals surface area contributed by atoms with Gasteiger partial charge >= 0.3 is 5.97 Å². The van der Waals surface area contributed by atoms with Gasteiger partial charge in [0.05, 0.1) is 25.6 Å². The monoisotopic (exact) mass is 1240 g/mol. The molecule has 1 aromatic carbocycles. The van der Waals surface area contributed by atoms with Crippen LogP contribution in [0.25, 0.3) is 0 Å². The number of primary amides is 2. The summed E-state index contributed by atoms with van der Waals surface area (Å²) >= 11 is 0. The average Bonchev–Trinajstić information content (AvgIpc) is 4.05. The Kier molecular flexibility index (Phi) is 30.7. The van der Waals surface area contributed by atoms with Crippen molar-refractivity contribution in [3.8, 4) is 5.75 Å². The molecule has 12 amide bonds. The van der Waals surface area contributed by atoms with Gasteiger partial charge in [-0.2, -0.15) is 0 Å². The third-order valence-electron chi connectivity index (χ3n) is 13.5. The molecule has 10 atom stereocenters. The maximum atomic E-state index is 14.8. The molecule has 0 spiro atoms. The van der Waals surface area contributed by atoms with Crippen LogP contribution in [0.3, 0.4) is 0 Å². The van der Waals surface area contributed by atoms with Gasteiger partial charge in [0, 0.05) is 37.4 Å². The van der Waals surface area contributed by atoms with Gasteiger partial charge in [0.2, 0.25) is 70.9 Å². The number of hydrogen-bond acceptors (Lipinski definition) is 19. The number of carbonyl (C=O) groups is 13. The topological polar surface area (TPSA) is 542 Å². The van der Waals surface area contributed by atoms with Crippen LogP contribution in [0.2, 0.25) is 0 Å². The second-order valence-electron chi connectivity index (χ2n) is 20.3. The number of nitrogens with zero attached hydrogens (tertiary/aromatic N) is 2. The van der Waals surface area contributed by atoms with E-state index < -0.39 is 170 Å². The number of rotatable bonds is 27. The summed E-state index contributed by atoms with van der Waals surface area (Å²) in [5, 5.41) is 41.7. The summed E-state index contributed by atoms with van der Waals surface area (Å²) in [6, 6.07) is -7.16. The second-order valence-corrected chi connectivity index (χ2v) is 22.8. The molecule has 0 aromatic heterocycles. The smallest absolute Gasteiger partial charge is 0.326 e. The van der Waals surface area contributed by atoms with E-state index in [1.165, 1.54) is 24.3 Å². The van der Waals surface area contributed by atoms with Crippen molar-refractivity contribution >= 4 is 104 Å². The lowest BCUT2D eigenvalue weighted by Crippen LogP contribution is -2.61. The fraction of sp³-hybridized carbons (Fsp3) is 0.608. The molecule has 2 aliphatic rings. The van der Waals surface area contributed by atoms with Crippen LogP contribution in [0.15, 0.2) is 29.3 Å². The van der Waals surface area contributed by atoms with Crippen molar-refractivity contribution < 1.29 is 72.5 Å². The first-order valence-electron chi connectivity index (χ1n) is 27.5. The molecule has 472 valence electrons. The molecule has 32 nitrogen and oxygen atoms in total. The summed E-state index contributed by atoms with van der Waals surface area (Å²) in [6.07, 6.45) is -0.228. The Hall–Kier alpha value is -7.98. The number of guanidine groups is 1. The molecule has 1 aromatic rings. The number of aliphatic carboxylic acids is 1. The average molecular weight is 1240 g/mol. The lowest BCUT2D eigenvalue weighted by Gasteiger charge is -2.31. The highest BCUT2D eigenvalue weighted by Gasteiger charge is 2.41. The Morgan fingerprint density at radius 2 is 1.36 bits per heavy atom. The van der Waals surface area contributed by atoms with Crippen molar-refractivity contribution in [2.45, 2.75) is 145 Å². The lowest BCUT2D eigenvalue weighted by molar-refractivity contribution is -0.142. The number of carbonyl (C=O) groups excluding carboxylic acids is 12. The highest BCUT2D eigenvalue weighted by Crippen LogP contribution is 2.26. The van der Waals surface area contributed by atoms with Crippen LogP contribution in [0, 0.1) is 5.92 Å². The number of phenols is 1. The van der Waals surface area contributed by atoms with Gasteiger partial charge in [-0.15, -0.1) is 0 Å². The van der Waals surface area contributed by atoms with Crippen molar-refractivity contribution in [3.63, 3.8) is 0 Å². The molecule has 3 rings (SSSR count). The zero-order valence-corrected chi connectivity index (χ0v) is 49.0.